The van der Waals surface area contributed by atoms with E-state index in [0.717, 1.165) is 37.3 Å². The first-order valence-corrected chi connectivity index (χ1v) is 8.83. The van der Waals surface area contributed by atoms with Gasteiger partial charge < -0.3 is 4.90 Å². The first-order chi connectivity index (χ1) is 11.1. The van der Waals surface area contributed by atoms with E-state index >= 15 is 0 Å². The predicted octanol–water partition coefficient (Wildman–Crippen LogP) is 2.53. The molecule has 0 bridgehead atoms. The molecule has 6 heteroatoms. The van der Waals surface area contributed by atoms with Gasteiger partial charge in [-0.05, 0) is 38.1 Å². The van der Waals surface area contributed by atoms with Crippen LogP contribution in [-0.4, -0.2) is 36.6 Å². The van der Waals surface area contributed by atoms with Crippen LogP contribution in [0, 0.1) is 18.7 Å². The third kappa shape index (κ3) is 4.14. The van der Waals surface area contributed by atoms with Crippen LogP contribution in [0.4, 0.5) is 4.39 Å². The smallest absolute Gasteiger partial charge is 0.123 e. The molecule has 4 nitrogen and oxygen atoms in total. The molecule has 0 aliphatic carbocycles. The Kier molecular flexibility index (Phi) is 5.38. The molecule has 0 saturated carbocycles. The highest BCUT2D eigenvalue weighted by Gasteiger charge is 2.29. The van der Waals surface area contributed by atoms with E-state index in [9.17, 15) is 4.39 Å². The van der Waals surface area contributed by atoms with Crippen LogP contribution in [0.3, 0.4) is 0 Å². The zero-order valence-electron chi connectivity index (χ0n) is 13.6. The standard InChI is InChI=1S/C17H23FN4S/c1-12-16(23-11-19-12)7-8-22(2)10-14-9-20-21-17(14)13-3-5-15(18)6-4-13/h3-6,11,14,17,20-21H,7-10H2,1-2H3. The molecular formula is C17H23FN4S. The van der Waals surface area contributed by atoms with Gasteiger partial charge in [0.1, 0.15) is 5.82 Å². The summed E-state index contributed by atoms with van der Waals surface area (Å²) < 4.78 is 13.1. The van der Waals surface area contributed by atoms with Gasteiger partial charge >= 0.3 is 0 Å². The second-order valence-electron chi connectivity index (χ2n) is 6.19. The van der Waals surface area contributed by atoms with E-state index in [1.165, 1.54) is 17.0 Å². The van der Waals surface area contributed by atoms with E-state index in [1.807, 2.05) is 17.6 Å². The van der Waals surface area contributed by atoms with Crippen molar-refractivity contribution in [2.75, 3.05) is 26.7 Å². The molecule has 1 fully saturated rings. The van der Waals surface area contributed by atoms with Crippen LogP contribution in [0.15, 0.2) is 29.8 Å². The zero-order chi connectivity index (χ0) is 16.2. The third-order valence-electron chi connectivity index (χ3n) is 4.43. The molecule has 0 amide bonds. The van der Waals surface area contributed by atoms with Gasteiger partial charge in [0.15, 0.2) is 0 Å². The number of aromatic nitrogens is 1. The van der Waals surface area contributed by atoms with Crippen LogP contribution in [0.2, 0.25) is 0 Å². The van der Waals surface area contributed by atoms with Gasteiger partial charge in [-0.2, -0.15) is 0 Å². The number of nitrogens with zero attached hydrogens (tertiary/aromatic N) is 2. The highest BCUT2D eigenvalue weighted by molar-refractivity contribution is 7.09. The molecule has 1 aromatic carbocycles. The topological polar surface area (TPSA) is 40.2 Å². The first kappa shape index (κ1) is 16.5. The fourth-order valence-electron chi connectivity index (χ4n) is 3.08. The van der Waals surface area contributed by atoms with Crippen molar-refractivity contribution in [2.45, 2.75) is 19.4 Å². The summed E-state index contributed by atoms with van der Waals surface area (Å²) in [4.78, 5) is 8.05. The summed E-state index contributed by atoms with van der Waals surface area (Å²) in [6.45, 7) is 5.02. The van der Waals surface area contributed by atoms with Gasteiger partial charge in [0.25, 0.3) is 0 Å². The van der Waals surface area contributed by atoms with Gasteiger partial charge in [0.05, 0.1) is 17.2 Å². The second-order valence-corrected chi connectivity index (χ2v) is 7.13. The van der Waals surface area contributed by atoms with Crippen molar-refractivity contribution >= 4 is 11.3 Å². The van der Waals surface area contributed by atoms with Crippen LogP contribution in [0.5, 0.6) is 0 Å². The van der Waals surface area contributed by atoms with Crippen LogP contribution in [-0.2, 0) is 6.42 Å². The molecular weight excluding hydrogens is 311 g/mol. The summed E-state index contributed by atoms with van der Waals surface area (Å²) in [5.74, 6) is 0.279. The maximum atomic E-state index is 13.1. The van der Waals surface area contributed by atoms with E-state index in [2.05, 4.69) is 34.7 Å². The van der Waals surface area contributed by atoms with Crippen LogP contribution < -0.4 is 10.9 Å². The number of nitrogens with one attached hydrogen (secondary N) is 2. The summed E-state index contributed by atoms with van der Waals surface area (Å²) in [6.07, 6.45) is 1.04. The molecule has 2 atom stereocenters. The van der Waals surface area contributed by atoms with Crippen LogP contribution >= 0.6 is 11.3 Å². The lowest BCUT2D eigenvalue weighted by molar-refractivity contribution is 0.272. The van der Waals surface area contributed by atoms with E-state index in [-0.39, 0.29) is 11.9 Å². The Hall–Kier alpha value is -1.34. The number of rotatable bonds is 6. The second kappa shape index (κ2) is 7.49. The highest BCUT2D eigenvalue weighted by atomic mass is 32.1. The number of hydrogen-bond donors (Lipinski definition) is 2. The number of hydrogen-bond acceptors (Lipinski definition) is 5. The van der Waals surface area contributed by atoms with Crippen molar-refractivity contribution in [1.29, 1.82) is 0 Å². The number of benzene rings is 1. The van der Waals surface area contributed by atoms with Crippen molar-refractivity contribution in [1.82, 2.24) is 20.7 Å². The summed E-state index contributed by atoms with van der Waals surface area (Å²) in [5, 5.41) is 0. The van der Waals surface area contributed by atoms with Gasteiger partial charge in [-0.15, -0.1) is 11.3 Å². The summed E-state index contributed by atoms with van der Waals surface area (Å²) >= 11 is 1.74. The minimum absolute atomic E-state index is 0.187. The molecule has 23 heavy (non-hydrogen) atoms. The maximum absolute atomic E-state index is 13.1. The third-order valence-corrected chi connectivity index (χ3v) is 5.43. The van der Waals surface area contributed by atoms with E-state index < -0.39 is 0 Å². The number of thiazole rings is 1. The average molecular weight is 334 g/mol. The van der Waals surface area contributed by atoms with Crippen molar-refractivity contribution in [3.05, 3.63) is 51.7 Å². The Morgan fingerprint density at radius 3 is 2.83 bits per heavy atom. The Morgan fingerprint density at radius 1 is 1.35 bits per heavy atom. The van der Waals surface area contributed by atoms with Crippen molar-refractivity contribution in [3.8, 4) is 0 Å². The molecule has 124 valence electrons. The number of halogens is 1. The van der Waals surface area contributed by atoms with E-state index in [1.54, 1.807) is 11.3 Å². The highest BCUT2D eigenvalue weighted by Crippen LogP contribution is 2.25. The lowest BCUT2D eigenvalue weighted by Gasteiger charge is -2.24. The molecule has 0 spiro atoms. The first-order valence-electron chi connectivity index (χ1n) is 7.95. The fraction of sp³-hybridized carbons (Fsp3) is 0.471. The van der Waals surface area contributed by atoms with Crippen LogP contribution in [0.25, 0.3) is 0 Å². The lowest BCUT2D eigenvalue weighted by Crippen LogP contribution is -2.31. The average Bonchev–Trinajstić information content (AvgIpc) is 3.15. The molecule has 2 heterocycles. The molecule has 1 aromatic heterocycles. The van der Waals surface area contributed by atoms with Gasteiger partial charge in [0.2, 0.25) is 0 Å². The monoisotopic (exact) mass is 334 g/mol. The summed E-state index contributed by atoms with van der Waals surface area (Å²) in [6, 6.07) is 7.02. The molecule has 2 N–H and O–H groups in total. The van der Waals surface area contributed by atoms with Crippen molar-refractivity contribution < 1.29 is 4.39 Å². The van der Waals surface area contributed by atoms with Gasteiger partial charge in [-0.3, -0.25) is 5.43 Å². The number of hydrazine groups is 1. The number of likely N-dealkylation sites (N-methyl/N-ethyl adjacent to an activating group) is 1. The molecule has 1 saturated heterocycles. The Labute approximate surface area is 140 Å². The van der Waals surface area contributed by atoms with Crippen molar-refractivity contribution in [2.24, 2.45) is 5.92 Å². The normalized spacial score (nSPS) is 21.2. The molecule has 0 radical (unpaired) electrons. The molecule has 1 aliphatic heterocycles. The Morgan fingerprint density at radius 2 is 2.13 bits per heavy atom. The van der Waals surface area contributed by atoms with Crippen molar-refractivity contribution in [3.63, 3.8) is 0 Å². The number of aryl methyl sites for hydroxylation is 1. The molecule has 3 rings (SSSR count). The molecule has 1 aliphatic rings. The summed E-state index contributed by atoms with van der Waals surface area (Å²) in [5.41, 5.74) is 10.8. The molecule has 2 aromatic rings. The summed E-state index contributed by atoms with van der Waals surface area (Å²) in [7, 11) is 2.16. The van der Waals surface area contributed by atoms with Gasteiger partial charge in [0, 0.05) is 30.4 Å². The lowest BCUT2D eigenvalue weighted by atomic mass is 9.94. The SMILES string of the molecule is Cc1ncsc1CCN(C)CC1CNNC1c1ccc(F)cc1. The fourth-order valence-corrected chi connectivity index (χ4v) is 3.85. The maximum Gasteiger partial charge on any atom is 0.123 e. The largest absolute Gasteiger partial charge is 0.306 e. The Balaban J connectivity index is 1.55. The quantitative estimate of drug-likeness (QED) is 0.852. The van der Waals surface area contributed by atoms with Gasteiger partial charge in [-0.25, -0.2) is 14.8 Å². The van der Waals surface area contributed by atoms with Gasteiger partial charge in [-0.1, -0.05) is 12.1 Å². The predicted molar refractivity (Wildman–Crippen MR) is 91.8 cm³/mol. The van der Waals surface area contributed by atoms with Crippen LogP contribution in [0.1, 0.15) is 22.2 Å². The zero-order valence-corrected chi connectivity index (χ0v) is 14.4. The molecule has 2 unspecified atom stereocenters. The minimum Gasteiger partial charge on any atom is -0.306 e. The minimum atomic E-state index is -0.187. The van der Waals surface area contributed by atoms with E-state index in [4.69, 9.17) is 0 Å². The Bertz CT molecular complexity index is 628. The van der Waals surface area contributed by atoms with E-state index in [0.29, 0.717) is 5.92 Å².